The van der Waals surface area contributed by atoms with E-state index < -0.39 is 68.2 Å². The number of fused-ring (bicyclic) bond motifs is 1. The fourth-order valence-electron chi connectivity index (χ4n) is 8.52. The van der Waals surface area contributed by atoms with Gasteiger partial charge in [-0.1, -0.05) is 52.0 Å². The monoisotopic (exact) mass is 961 g/mol. The van der Waals surface area contributed by atoms with Crippen LogP contribution in [-0.4, -0.2) is 125 Å². The number of piperazine rings is 1. The van der Waals surface area contributed by atoms with Gasteiger partial charge in [0.2, 0.25) is 33.5 Å². The van der Waals surface area contributed by atoms with Gasteiger partial charge in [-0.2, -0.15) is 0 Å². The van der Waals surface area contributed by atoms with E-state index in [-0.39, 0.29) is 55.5 Å². The number of aromatic amines is 1. The SMILES string of the molecule is CCCS(=O)(=O)Nc1ccc(F)c(C(=O)c2c[nH]c3ncc(N4CCN(CCCC(=O)N[C@H](C(=O)N5C[C@H](O)C[C@H]5C(=O)NCc5ccc(-c6scnc6C)cc5)C(C)(C)C)CC4)cc23)c1F. The lowest BCUT2D eigenvalue weighted by Gasteiger charge is -2.36. The molecule has 5 heterocycles. The number of sulfonamides is 1. The molecule has 5 aromatic rings. The number of carbonyl (C=O) groups excluding carboxylic acids is 4. The number of H-pyrrole nitrogens is 1. The van der Waals surface area contributed by atoms with Crippen LogP contribution >= 0.6 is 11.3 Å². The first-order chi connectivity index (χ1) is 31.8. The average molecular weight is 962 g/mol. The Bertz CT molecular complexity index is 2730. The summed E-state index contributed by atoms with van der Waals surface area (Å²) in [6, 6.07) is 9.52. The Hall–Kier alpha value is -5.83. The standard InChI is InChI=1S/C47H57F2N9O7S2/c1-6-20-67(64,65)55-36-14-13-35(48)39(40(36)49)41(61)34-25-51-44-33(34)21-31(24-50-44)57-18-16-56(17-19-57)15-7-8-38(60)54-43(47(3,4)5)46(63)58-26-32(59)22-37(58)45(62)52-23-29-9-11-30(12-10-29)42-28(2)53-27-66-42/h9-14,21,24-25,27,32,37,43,55,59H,6-8,15-20,22-23,26H2,1-5H3,(H,50,51)(H,52,62)(H,54,60)/t32-,37+,43-/m1/s1. The third-order valence-corrected chi connectivity index (χ3v) is 14.6. The van der Waals surface area contributed by atoms with Gasteiger partial charge in [-0.25, -0.2) is 27.2 Å². The van der Waals surface area contributed by atoms with Crippen LogP contribution in [0.15, 0.2) is 60.4 Å². The number of likely N-dealkylation sites (tertiary alicyclic amines) is 1. The molecule has 0 aliphatic carbocycles. The van der Waals surface area contributed by atoms with Crippen molar-refractivity contribution in [3.05, 3.63) is 94.4 Å². The molecule has 0 spiro atoms. The van der Waals surface area contributed by atoms with Gasteiger partial charge in [-0.15, -0.1) is 11.3 Å². The molecule has 3 amide bonds. The van der Waals surface area contributed by atoms with E-state index in [9.17, 15) is 32.7 Å². The Balaban J connectivity index is 0.905. The number of aliphatic hydroxyl groups is 1. The largest absolute Gasteiger partial charge is 0.391 e. The highest BCUT2D eigenvalue weighted by atomic mass is 32.2. The predicted molar refractivity (Wildman–Crippen MR) is 253 cm³/mol. The molecule has 16 nitrogen and oxygen atoms in total. The number of amides is 3. The van der Waals surface area contributed by atoms with Crippen LogP contribution in [0.25, 0.3) is 21.5 Å². The molecule has 2 aliphatic heterocycles. The number of nitrogens with one attached hydrogen (secondary N) is 4. The van der Waals surface area contributed by atoms with Crippen molar-refractivity contribution in [3.8, 4) is 10.4 Å². The number of nitrogens with zero attached hydrogens (tertiary/aromatic N) is 5. The minimum atomic E-state index is -3.91. The zero-order valence-electron chi connectivity index (χ0n) is 38.2. The van der Waals surface area contributed by atoms with Gasteiger partial charge >= 0.3 is 0 Å². The predicted octanol–water partition coefficient (Wildman–Crippen LogP) is 5.37. The molecule has 5 N–H and O–H groups in total. The summed E-state index contributed by atoms with van der Waals surface area (Å²) in [5, 5.41) is 16.8. The number of hydrogen-bond donors (Lipinski definition) is 5. The Morgan fingerprint density at radius 2 is 1.76 bits per heavy atom. The fourth-order valence-corrected chi connectivity index (χ4v) is 10.5. The summed E-state index contributed by atoms with van der Waals surface area (Å²) in [6.45, 7) is 12.5. The van der Waals surface area contributed by atoms with Crippen LogP contribution in [-0.2, 0) is 31.0 Å². The maximum absolute atomic E-state index is 15.5. The van der Waals surface area contributed by atoms with Gasteiger partial charge in [0.25, 0.3) is 0 Å². The van der Waals surface area contributed by atoms with Crippen LogP contribution in [0.2, 0.25) is 0 Å². The second kappa shape index (κ2) is 20.6. The van der Waals surface area contributed by atoms with Crippen molar-refractivity contribution < 1.29 is 41.5 Å². The van der Waals surface area contributed by atoms with E-state index in [0.29, 0.717) is 55.9 Å². The van der Waals surface area contributed by atoms with Gasteiger partial charge in [0, 0.05) is 69.3 Å². The number of pyridine rings is 1. The quantitative estimate of drug-likeness (QED) is 0.0749. The molecule has 67 heavy (non-hydrogen) atoms. The van der Waals surface area contributed by atoms with E-state index in [1.165, 1.54) is 11.1 Å². The van der Waals surface area contributed by atoms with Crippen molar-refractivity contribution in [2.45, 2.75) is 85.0 Å². The Morgan fingerprint density at radius 3 is 2.43 bits per heavy atom. The maximum Gasteiger partial charge on any atom is 0.246 e. The summed E-state index contributed by atoms with van der Waals surface area (Å²) >= 11 is 1.56. The number of rotatable bonds is 17. The number of aryl methyl sites for hydroxylation is 1. The summed E-state index contributed by atoms with van der Waals surface area (Å²) < 4.78 is 57.3. The van der Waals surface area contributed by atoms with Crippen molar-refractivity contribution in [1.29, 1.82) is 0 Å². The minimum absolute atomic E-state index is 0.0237. The normalized spacial score (nSPS) is 17.4. The van der Waals surface area contributed by atoms with Gasteiger partial charge in [0.15, 0.2) is 5.82 Å². The topological polar surface area (TPSA) is 210 Å². The first-order valence-electron chi connectivity index (χ1n) is 22.4. The van der Waals surface area contributed by atoms with Crippen LogP contribution in [0.3, 0.4) is 0 Å². The van der Waals surface area contributed by atoms with Crippen molar-refractivity contribution in [2.75, 3.05) is 54.6 Å². The number of aliphatic hydroxyl groups excluding tert-OH is 1. The first kappa shape index (κ1) is 49.1. The average Bonchev–Trinajstić information content (AvgIpc) is 4.03. The number of ketones is 1. The molecule has 358 valence electrons. The highest BCUT2D eigenvalue weighted by Crippen LogP contribution is 2.31. The number of β-amino-alcohol motifs (C(OH)–C–C–N with tert-alkyl or cyclic N) is 1. The molecule has 7 rings (SSSR count). The van der Waals surface area contributed by atoms with Crippen LogP contribution < -0.4 is 20.3 Å². The number of benzene rings is 2. The Kier molecular flexibility index (Phi) is 15.1. The molecule has 3 aromatic heterocycles. The molecule has 0 bridgehead atoms. The van der Waals surface area contributed by atoms with E-state index in [1.54, 1.807) is 36.0 Å². The highest BCUT2D eigenvalue weighted by Gasteiger charge is 2.44. The molecule has 3 atom stereocenters. The lowest BCUT2D eigenvalue weighted by atomic mass is 9.85. The molecular weight excluding hydrogens is 905 g/mol. The molecule has 2 fully saturated rings. The lowest BCUT2D eigenvalue weighted by molar-refractivity contribution is -0.144. The van der Waals surface area contributed by atoms with E-state index in [4.69, 9.17) is 0 Å². The highest BCUT2D eigenvalue weighted by molar-refractivity contribution is 7.92. The van der Waals surface area contributed by atoms with Crippen molar-refractivity contribution in [3.63, 3.8) is 0 Å². The van der Waals surface area contributed by atoms with Crippen LogP contribution in [0.5, 0.6) is 0 Å². The molecule has 0 radical (unpaired) electrons. The molecular formula is C47H57F2N9O7S2. The maximum atomic E-state index is 15.5. The first-order valence-corrected chi connectivity index (χ1v) is 24.9. The number of thiazole rings is 1. The molecule has 20 heteroatoms. The minimum Gasteiger partial charge on any atom is -0.391 e. The van der Waals surface area contributed by atoms with Crippen LogP contribution in [0, 0.1) is 24.0 Å². The smallest absolute Gasteiger partial charge is 0.246 e. The molecule has 2 saturated heterocycles. The van der Waals surface area contributed by atoms with E-state index in [2.05, 4.69) is 40.1 Å². The third kappa shape index (κ3) is 11.5. The van der Waals surface area contributed by atoms with Crippen molar-refractivity contribution >= 4 is 67.3 Å². The van der Waals surface area contributed by atoms with Gasteiger partial charge in [0.1, 0.15) is 23.5 Å². The van der Waals surface area contributed by atoms with E-state index in [1.807, 2.05) is 52.0 Å². The van der Waals surface area contributed by atoms with Crippen LogP contribution in [0.4, 0.5) is 20.2 Å². The molecule has 0 saturated carbocycles. The van der Waals surface area contributed by atoms with Gasteiger partial charge in [0.05, 0.1) is 51.1 Å². The number of carbonyl (C=O) groups is 4. The zero-order valence-corrected chi connectivity index (χ0v) is 39.8. The lowest BCUT2D eigenvalue weighted by Crippen LogP contribution is -2.57. The summed E-state index contributed by atoms with van der Waals surface area (Å²) in [5.74, 6) is -4.80. The molecule has 2 aromatic carbocycles. The van der Waals surface area contributed by atoms with E-state index >= 15 is 8.78 Å². The van der Waals surface area contributed by atoms with Gasteiger partial charge < -0.3 is 30.5 Å². The fraction of sp³-hybridized carbons (Fsp3) is 0.447. The summed E-state index contributed by atoms with van der Waals surface area (Å²) in [7, 11) is -3.91. The summed E-state index contributed by atoms with van der Waals surface area (Å²) in [5.41, 5.74) is 3.57. The second-order valence-corrected chi connectivity index (χ2v) is 20.9. The zero-order chi connectivity index (χ0) is 48.2. The Labute approximate surface area is 392 Å². The molecule has 0 unspecified atom stereocenters. The summed E-state index contributed by atoms with van der Waals surface area (Å²) in [4.78, 5) is 73.0. The summed E-state index contributed by atoms with van der Waals surface area (Å²) in [6.07, 6.45) is 3.13. The molecule has 2 aliphatic rings. The van der Waals surface area contributed by atoms with Gasteiger partial charge in [-0.3, -0.25) is 28.8 Å². The number of aromatic nitrogens is 3. The second-order valence-electron chi connectivity index (χ2n) is 18.2. The van der Waals surface area contributed by atoms with Gasteiger partial charge in [-0.05, 0) is 61.1 Å². The van der Waals surface area contributed by atoms with Crippen molar-refractivity contribution in [2.24, 2.45) is 5.41 Å². The number of anilines is 2. The van der Waals surface area contributed by atoms with E-state index in [0.717, 1.165) is 33.8 Å². The number of hydrogen-bond acceptors (Lipinski definition) is 12. The Morgan fingerprint density at radius 1 is 1.03 bits per heavy atom. The third-order valence-electron chi connectivity index (χ3n) is 12.1. The van der Waals surface area contributed by atoms with Crippen LogP contribution in [0.1, 0.15) is 80.6 Å². The van der Waals surface area contributed by atoms with Crippen molar-refractivity contribution in [1.82, 2.24) is 35.4 Å². The number of halogens is 2.